The van der Waals surface area contributed by atoms with E-state index in [1.807, 2.05) is 24.3 Å². The van der Waals surface area contributed by atoms with Gasteiger partial charge >= 0.3 is 0 Å². The molecule has 1 unspecified atom stereocenters. The number of rotatable bonds is 6. The number of hydrogen-bond donors (Lipinski definition) is 1. The number of aromatic nitrogens is 2. The standard InChI is InChI=1S/C13H23N3S/c1-3-17-8-6-11(2)16-10-14-9-13(16)12-5-4-7-15-12/h9-12,15H,3-8H2,1-2H3/t11?,12-/m0/s1. The van der Waals surface area contributed by atoms with Gasteiger partial charge in [-0.15, -0.1) is 0 Å². The molecule has 1 N–H and O–H groups in total. The second-order valence-electron chi connectivity index (χ2n) is 4.71. The summed E-state index contributed by atoms with van der Waals surface area (Å²) in [5.41, 5.74) is 1.37. The van der Waals surface area contributed by atoms with E-state index in [4.69, 9.17) is 0 Å². The van der Waals surface area contributed by atoms with Gasteiger partial charge in [0.2, 0.25) is 0 Å². The van der Waals surface area contributed by atoms with Crippen molar-refractivity contribution in [3.8, 4) is 0 Å². The number of nitrogens with one attached hydrogen (secondary N) is 1. The Labute approximate surface area is 108 Å². The summed E-state index contributed by atoms with van der Waals surface area (Å²) in [6, 6.07) is 1.09. The first kappa shape index (κ1) is 13.0. The Balaban J connectivity index is 1.97. The molecular weight excluding hydrogens is 230 g/mol. The van der Waals surface area contributed by atoms with E-state index in [1.54, 1.807) is 0 Å². The smallest absolute Gasteiger partial charge is 0.0951 e. The van der Waals surface area contributed by atoms with Crippen molar-refractivity contribution in [2.24, 2.45) is 0 Å². The third kappa shape index (κ3) is 3.26. The molecule has 0 aromatic carbocycles. The van der Waals surface area contributed by atoms with Gasteiger partial charge in [-0.2, -0.15) is 11.8 Å². The van der Waals surface area contributed by atoms with Crippen LogP contribution in [0.15, 0.2) is 12.5 Å². The molecule has 96 valence electrons. The summed E-state index contributed by atoms with van der Waals surface area (Å²) < 4.78 is 2.36. The Kier molecular flexibility index (Phi) is 4.92. The van der Waals surface area contributed by atoms with Gasteiger partial charge in [0.25, 0.3) is 0 Å². The predicted molar refractivity (Wildman–Crippen MR) is 74.5 cm³/mol. The van der Waals surface area contributed by atoms with E-state index >= 15 is 0 Å². The molecule has 3 nitrogen and oxygen atoms in total. The van der Waals surface area contributed by atoms with Crippen molar-refractivity contribution in [2.75, 3.05) is 18.1 Å². The van der Waals surface area contributed by atoms with Crippen LogP contribution in [-0.2, 0) is 0 Å². The van der Waals surface area contributed by atoms with Crippen molar-refractivity contribution in [2.45, 2.75) is 45.2 Å². The summed E-state index contributed by atoms with van der Waals surface area (Å²) in [6.45, 7) is 5.67. The van der Waals surface area contributed by atoms with Crippen LogP contribution in [0.4, 0.5) is 0 Å². The first-order valence-corrected chi connectivity index (χ1v) is 7.81. The van der Waals surface area contributed by atoms with Crippen molar-refractivity contribution in [1.29, 1.82) is 0 Å². The number of nitrogens with zero attached hydrogens (tertiary/aromatic N) is 2. The summed E-state index contributed by atoms with van der Waals surface area (Å²) >= 11 is 2.02. The second kappa shape index (κ2) is 6.45. The Hall–Kier alpha value is -0.480. The average molecular weight is 253 g/mol. The van der Waals surface area contributed by atoms with Gasteiger partial charge < -0.3 is 9.88 Å². The average Bonchev–Trinajstić information content (AvgIpc) is 2.99. The van der Waals surface area contributed by atoms with Crippen LogP contribution in [0.2, 0.25) is 0 Å². The van der Waals surface area contributed by atoms with E-state index in [9.17, 15) is 0 Å². The van der Waals surface area contributed by atoms with Crippen molar-refractivity contribution in [1.82, 2.24) is 14.9 Å². The Bertz CT molecular complexity index is 331. The lowest BCUT2D eigenvalue weighted by molar-refractivity contribution is 0.482. The first-order chi connectivity index (χ1) is 8.33. The van der Waals surface area contributed by atoms with Gasteiger partial charge in [0.05, 0.1) is 12.0 Å². The van der Waals surface area contributed by atoms with Crippen LogP contribution < -0.4 is 5.32 Å². The summed E-state index contributed by atoms with van der Waals surface area (Å²) in [6.07, 6.45) is 7.80. The highest BCUT2D eigenvalue weighted by Crippen LogP contribution is 2.26. The fourth-order valence-corrected chi connectivity index (χ4v) is 3.22. The molecule has 0 amide bonds. The molecule has 1 aromatic heterocycles. The van der Waals surface area contributed by atoms with Crippen LogP contribution in [0.25, 0.3) is 0 Å². The molecule has 0 bridgehead atoms. The number of imidazole rings is 1. The van der Waals surface area contributed by atoms with E-state index in [-0.39, 0.29) is 0 Å². The van der Waals surface area contributed by atoms with Gasteiger partial charge in [-0.05, 0) is 44.2 Å². The van der Waals surface area contributed by atoms with Gasteiger partial charge in [0.15, 0.2) is 0 Å². The minimum absolute atomic E-state index is 0.527. The maximum absolute atomic E-state index is 4.33. The van der Waals surface area contributed by atoms with E-state index in [0.717, 1.165) is 6.54 Å². The first-order valence-electron chi connectivity index (χ1n) is 6.65. The maximum atomic E-state index is 4.33. The molecule has 1 aliphatic heterocycles. The zero-order valence-electron chi connectivity index (χ0n) is 10.9. The van der Waals surface area contributed by atoms with Crippen molar-refractivity contribution < 1.29 is 0 Å². The minimum Gasteiger partial charge on any atom is -0.330 e. The molecule has 1 aliphatic rings. The highest BCUT2D eigenvalue weighted by molar-refractivity contribution is 7.99. The molecule has 1 saturated heterocycles. The fourth-order valence-electron chi connectivity index (χ4n) is 2.43. The number of thioether (sulfide) groups is 1. The summed E-state index contributed by atoms with van der Waals surface area (Å²) in [5.74, 6) is 2.46. The van der Waals surface area contributed by atoms with E-state index in [0.29, 0.717) is 12.1 Å². The van der Waals surface area contributed by atoms with Crippen LogP contribution >= 0.6 is 11.8 Å². The fraction of sp³-hybridized carbons (Fsp3) is 0.769. The maximum Gasteiger partial charge on any atom is 0.0951 e. The summed E-state index contributed by atoms with van der Waals surface area (Å²) in [5, 5.41) is 3.56. The van der Waals surface area contributed by atoms with Gasteiger partial charge in [0.1, 0.15) is 0 Å². The molecule has 1 fully saturated rings. The third-order valence-corrected chi connectivity index (χ3v) is 4.40. The predicted octanol–water partition coefficient (Wildman–Crippen LogP) is 3.01. The van der Waals surface area contributed by atoms with E-state index in [1.165, 1.54) is 36.5 Å². The normalized spacial score (nSPS) is 21.9. The molecule has 2 atom stereocenters. The monoisotopic (exact) mass is 253 g/mol. The van der Waals surface area contributed by atoms with Crippen molar-refractivity contribution in [3.63, 3.8) is 0 Å². The van der Waals surface area contributed by atoms with Gasteiger partial charge in [0, 0.05) is 18.3 Å². The molecule has 2 heterocycles. The van der Waals surface area contributed by atoms with E-state index in [2.05, 4.69) is 28.7 Å². The largest absolute Gasteiger partial charge is 0.330 e. The Morgan fingerprint density at radius 2 is 2.53 bits per heavy atom. The van der Waals surface area contributed by atoms with Crippen LogP contribution in [0.5, 0.6) is 0 Å². The lowest BCUT2D eigenvalue weighted by atomic mass is 10.1. The van der Waals surface area contributed by atoms with E-state index < -0.39 is 0 Å². The summed E-state index contributed by atoms with van der Waals surface area (Å²) in [7, 11) is 0. The quantitative estimate of drug-likeness (QED) is 0.790. The van der Waals surface area contributed by atoms with Crippen LogP contribution in [0, 0.1) is 0 Å². The molecule has 1 aromatic rings. The SMILES string of the molecule is CCSCCC(C)n1cncc1[C@@H]1CCCN1. The molecular formula is C13H23N3S. The minimum atomic E-state index is 0.527. The molecule has 0 spiro atoms. The lowest BCUT2D eigenvalue weighted by Gasteiger charge is -2.19. The summed E-state index contributed by atoms with van der Waals surface area (Å²) in [4.78, 5) is 4.33. The highest BCUT2D eigenvalue weighted by atomic mass is 32.2. The zero-order chi connectivity index (χ0) is 12.1. The van der Waals surface area contributed by atoms with Crippen LogP contribution in [-0.4, -0.2) is 27.6 Å². The van der Waals surface area contributed by atoms with Gasteiger partial charge in [-0.1, -0.05) is 6.92 Å². The van der Waals surface area contributed by atoms with Crippen LogP contribution in [0.1, 0.15) is 50.9 Å². The molecule has 0 aliphatic carbocycles. The molecule has 4 heteroatoms. The van der Waals surface area contributed by atoms with Gasteiger partial charge in [-0.3, -0.25) is 0 Å². The zero-order valence-corrected chi connectivity index (χ0v) is 11.7. The lowest BCUT2D eigenvalue weighted by Crippen LogP contribution is -2.18. The Morgan fingerprint density at radius 1 is 1.65 bits per heavy atom. The highest BCUT2D eigenvalue weighted by Gasteiger charge is 2.21. The molecule has 0 radical (unpaired) electrons. The molecule has 2 rings (SSSR count). The second-order valence-corrected chi connectivity index (χ2v) is 6.10. The molecule has 0 saturated carbocycles. The number of hydrogen-bond acceptors (Lipinski definition) is 3. The third-order valence-electron chi connectivity index (χ3n) is 3.47. The Morgan fingerprint density at radius 3 is 3.24 bits per heavy atom. The van der Waals surface area contributed by atoms with Crippen molar-refractivity contribution in [3.05, 3.63) is 18.2 Å². The van der Waals surface area contributed by atoms with Gasteiger partial charge in [-0.25, -0.2) is 4.98 Å². The topological polar surface area (TPSA) is 29.9 Å². The van der Waals surface area contributed by atoms with Crippen molar-refractivity contribution >= 4 is 11.8 Å². The molecule has 17 heavy (non-hydrogen) atoms. The van der Waals surface area contributed by atoms with Crippen LogP contribution in [0.3, 0.4) is 0 Å².